The number of nitrogens with one attached hydrogen (secondary N) is 1. The third kappa shape index (κ3) is 3.96. The predicted molar refractivity (Wildman–Crippen MR) is 117 cm³/mol. The third-order valence-electron chi connectivity index (χ3n) is 4.54. The number of anilines is 1. The average molecular weight is 440 g/mol. The number of thiazole rings is 1. The molecular weight excluding hydrogens is 422 g/mol. The summed E-state index contributed by atoms with van der Waals surface area (Å²) in [5.41, 5.74) is 3.53. The van der Waals surface area contributed by atoms with Crippen LogP contribution < -0.4 is 5.32 Å². The van der Waals surface area contributed by atoms with Crippen molar-refractivity contribution in [2.45, 2.75) is 27.2 Å². The van der Waals surface area contributed by atoms with Crippen LogP contribution in [0.25, 0.3) is 22.0 Å². The average Bonchev–Trinajstić information content (AvgIpc) is 3.36. The second kappa shape index (κ2) is 8.33. The van der Waals surface area contributed by atoms with E-state index in [1.807, 2.05) is 19.1 Å². The summed E-state index contributed by atoms with van der Waals surface area (Å²) in [4.78, 5) is 26.8. The van der Waals surface area contributed by atoms with Crippen molar-refractivity contribution >= 4 is 34.7 Å². The van der Waals surface area contributed by atoms with Crippen molar-refractivity contribution in [1.82, 2.24) is 20.1 Å². The van der Waals surface area contributed by atoms with Gasteiger partial charge in [0.15, 0.2) is 0 Å². The zero-order valence-corrected chi connectivity index (χ0v) is 18.1. The number of carbonyl (C=O) groups excluding carboxylic acids is 1. The van der Waals surface area contributed by atoms with E-state index in [1.54, 1.807) is 30.5 Å². The Bertz CT molecular complexity index is 1220. The molecule has 0 fully saturated rings. The molecular formula is C21H18ClN5O2S. The van der Waals surface area contributed by atoms with Gasteiger partial charge in [-0.05, 0) is 38.0 Å². The maximum atomic E-state index is 12.5. The van der Waals surface area contributed by atoms with Gasteiger partial charge in [0.2, 0.25) is 0 Å². The number of pyridine rings is 2. The second-order valence-electron chi connectivity index (χ2n) is 6.65. The quantitative estimate of drug-likeness (QED) is 0.451. The van der Waals surface area contributed by atoms with Crippen molar-refractivity contribution < 1.29 is 9.32 Å². The summed E-state index contributed by atoms with van der Waals surface area (Å²) in [6.07, 6.45) is 5.53. The Labute approximate surface area is 182 Å². The number of aryl methyl sites for hydroxylation is 2. The van der Waals surface area contributed by atoms with E-state index in [9.17, 15) is 4.79 Å². The number of aromatic nitrogens is 4. The highest BCUT2D eigenvalue weighted by Crippen LogP contribution is 2.34. The van der Waals surface area contributed by atoms with Gasteiger partial charge in [-0.1, -0.05) is 23.7 Å². The Balaban J connectivity index is 1.57. The van der Waals surface area contributed by atoms with Crippen LogP contribution >= 0.6 is 22.9 Å². The van der Waals surface area contributed by atoms with Crippen LogP contribution in [0.15, 0.2) is 41.3 Å². The molecule has 0 unspecified atom stereocenters. The first-order valence-electron chi connectivity index (χ1n) is 9.27. The molecule has 7 nitrogen and oxygen atoms in total. The molecule has 4 aromatic heterocycles. The summed E-state index contributed by atoms with van der Waals surface area (Å²) in [5.74, 6) is 0.866. The molecule has 0 bridgehead atoms. The minimum atomic E-state index is -0.311. The predicted octanol–water partition coefficient (Wildman–Crippen LogP) is 5.34. The van der Waals surface area contributed by atoms with Crippen LogP contribution in [0.5, 0.6) is 0 Å². The number of hydrogen-bond acceptors (Lipinski definition) is 7. The Morgan fingerprint density at radius 3 is 2.73 bits per heavy atom. The molecule has 0 atom stereocenters. The van der Waals surface area contributed by atoms with E-state index >= 15 is 0 Å². The summed E-state index contributed by atoms with van der Waals surface area (Å²) in [7, 11) is 0. The van der Waals surface area contributed by atoms with E-state index in [0.717, 1.165) is 39.0 Å². The minimum Gasteiger partial charge on any atom is -0.361 e. The number of amides is 1. The largest absolute Gasteiger partial charge is 0.361 e. The summed E-state index contributed by atoms with van der Waals surface area (Å²) in [5, 5.41) is 8.08. The molecule has 9 heteroatoms. The molecule has 4 aromatic rings. The summed E-state index contributed by atoms with van der Waals surface area (Å²) >= 11 is 7.64. The Morgan fingerprint density at radius 2 is 2.07 bits per heavy atom. The summed E-state index contributed by atoms with van der Waals surface area (Å²) in [6, 6.07) is 5.50. The van der Waals surface area contributed by atoms with E-state index in [1.165, 1.54) is 12.4 Å². The van der Waals surface area contributed by atoms with Gasteiger partial charge in [0.25, 0.3) is 5.91 Å². The van der Waals surface area contributed by atoms with Gasteiger partial charge < -0.3 is 9.84 Å². The van der Waals surface area contributed by atoms with Gasteiger partial charge >= 0.3 is 0 Å². The van der Waals surface area contributed by atoms with Crippen LogP contribution in [0.2, 0.25) is 5.02 Å². The van der Waals surface area contributed by atoms with Gasteiger partial charge in [-0.25, -0.2) is 9.97 Å². The van der Waals surface area contributed by atoms with Crippen LogP contribution in [-0.4, -0.2) is 26.0 Å². The van der Waals surface area contributed by atoms with Crippen LogP contribution in [0.3, 0.4) is 0 Å². The first kappa shape index (κ1) is 20.2. The molecule has 4 heterocycles. The van der Waals surface area contributed by atoms with Gasteiger partial charge in [0.1, 0.15) is 22.3 Å². The monoisotopic (exact) mass is 439 g/mol. The van der Waals surface area contributed by atoms with Crippen molar-refractivity contribution in [2.75, 3.05) is 5.32 Å². The topological polar surface area (TPSA) is 93.8 Å². The lowest BCUT2D eigenvalue weighted by Crippen LogP contribution is -2.14. The van der Waals surface area contributed by atoms with E-state index in [4.69, 9.17) is 21.1 Å². The Kier molecular flexibility index (Phi) is 5.61. The number of nitrogens with zero attached hydrogens (tertiary/aromatic N) is 4. The zero-order valence-electron chi connectivity index (χ0n) is 16.6. The van der Waals surface area contributed by atoms with Crippen molar-refractivity contribution in [3.63, 3.8) is 0 Å². The molecule has 30 heavy (non-hydrogen) atoms. The number of hydrogen-bond donors (Lipinski definition) is 1. The van der Waals surface area contributed by atoms with E-state index in [0.29, 0.717) is 22.0 Å². The normalized spacial score (nSPS) is 10.9. The Hall–Kier alpha value is -3.10. The fourth-order valence-corrected chi connectivity index (χ4v) is 4.05. The molecule has 0 aliphatic carbocycles. The van der Waals surface area contributed by atoms with Gasteiger partial charge in [-0.3, -0.25) is 9.78 Å². The molecule has 0 saturated carbocycles. The molecule has 0 saturated heterocycles. The van der Waals surface area contributed by atoms with E-state index in [2.05, 4.69) is 27.4 Å². The Morgan fingerprint density at radius 1 is 1.23 bits per heavy atom. The van der Waals surface area contributed by atoms with Gasteiger partial charge in [0.05, 0.1) is 16.3 Å². The number of halogens is 1. The summed E-state index contributed by atoms with van der Waals surface area (Å²) in [6.45, 7) is 5.71. The van der Waals surface area contributed by atoms with Crippen molar-refractivity contribution in [2.24, 2.45) is 0 Å². The highest BCUT2D eigenvalue weighted by molar-refractivity contribution is 7.15. The van der Waals surface area contributed by atoms with Crippen molar-refractivity contribution in [3.8, 4) is 22.0 Å². The first-order valence-corrected chi connectivity index (χ1v) is 10.5. The lowest BCUT2D eigenvalue weighted by molar-refractivity contribution is 0.102. The zero-order chi connectivity index (χ0) is 21.3. The standard InChI is InChI=1S/C21H18ClN5O2S/c1-4-17-19(26-21(30-17)16-7-11(2)29-27-16)13-5-6-18(24-8-13)25-20(28)14-9-23-10-15(22)12(14)3/h5-10H,4H2,1-3H3,(H,24,25,28). The molecule has 0 radical (unpaired) electrons. The smallest absolute Gasteiger partial charge is 0.258 e. The summed E-state index contributed by atoms with van der Waals surface area (Å²) < 4.78 is 5.16. The second-order valence-corrected chi connectivity index (χ2v) is 8.14. The van der Waals surface area contributed by atoms with Gasteiger partial charge in [0, 0.05) is 35.1 Å². The van der Waals surface area contributed by atoms with Crippen molar-refractivity contribution in [1.29, 1.82) is 0 Å². The number of rotatable bonds is 5. The molecule has 1 N–H and O–H groups in total. The maximum absolute atomic E-state index is 12.5. The first-order chi connectivity index (χ1) is 14.5. The molecule has 152 valence electrons. The minimum absolute atomic E-state index is 0.311. The molecule has 0 spiro atoms. The van der Waals surface area contributed by atoms with E-state index < -0.39 is 0 Å². The molecule has 1 amide bonds. The highest BCUT2D eigenvalue weighted by Gasteiger charge is 2.17. The molecule has 0 aromatic carbocycles. The molecule has 0 aliphatic heterocycles. The molecule has 4 rings (SSSR count). The van der Waals surface area contributed by atoms with Crippen LogP contribution in [0.4, 0.5) is 5.82 Å². The van der Waals surface area contributed by atoms with Crippen molar-refractivity contribution in [3.05, 3.63) is 63.6 Å². The maximum Gasteiger partial charge on any atom is 0.258 e. The van der Waals surface area contributed by atoms with Gasteiger partial charge in [-0.2, -0.15) is 0 Å². The highest BCUT2D eigenvalue weighted by atomic mass is 35.5. The van der Waals surface area contributed by atoms with Gasteiger partial charge in [-0.15, -0.1) is 11.3 Å². The van der Waals surface area contributed by atoms with E-state index in [-0.39, 0.29) is 5.91 Å². The SMILES string of the molecule is CCc1sc(-c2cc(C)on2)nc1-c1ccc(NC(=O)c2cncc(Cl)c2C)nc1. The lowest BCUT2D eigenvalue weighted by Gasteiger charge is -2.08. The third-order valence-corrected chi connectivity index (χ3v) is 6.15. The van der Waals surface area contributed by atoms with Crippen LogP contribution in [0.1, 0.15) is 33.5 Å². The fourth-order valence-electron chi connectivity index (χ4n) is 2.91. The van der Waals surface area contributed by atoms with Crippen LogP contribution in [0, 0.1) is 13.8 Å². The lowest BCUT2D eigenvalue weighted by atomic mass is 10.1. The number of carbonyl (C=O) groups is 1. The fraction of sp³-hybridized carbons (Fsp3) is 0.190. The van der Waals surface area contributed by atoms with Crippen LogP contribution in [-0.2, 0) is 6.42 Å². The molecule has 0 aliphatic rings.